The highest BCUT2D eigenvalue weighted by molar-refractivity contribution is 5.97. The second kappa shape index (κ2) is 7.76. The molecular formula is C21H20N4O4. The Balaban J connectivity index is 1.75. The molecule has 1 aromatic heterocycles. The highest BCUT2D eigenvalue weighted by atomic mass is 16.5. The number of amides is 1. The number of aromatic nitrogens is 3. The molecule has 1 heterocycles. The Morgan fingerprint density at radius 2 is 1.90 bits per heavy atom. The lowest BCUT2D eigenvalue weighted by molar-refractivity contribution is 0.0956. The zero-order chi connectivity index (χ0) is 20.4. The molecule has 0 atom stereocenters. The van der Waals surface area contributed by atoms with Gasteiger partial charge in [0.05, 0.1) is 6.61 Å². The number of hydrogen-bond donors (Lipinski definition) is 3. The number of phenols is 1. The number of hydrogen-bond acceptors (Lipinski definition) is 6. The Kier molecular flexibility index (Phi) is 5.01. The van der Waals surface area contributed by atoms with Crippen molar-refractivity contribution in [3.63, 3.8) is 0 Å². The molecule has 0 aliphatic carbocycles. The number of phenolic OH excluding ortho intramolecular Hbond substituents is 1. The van der Waals surface area contributed by atoms with Gasteiger partial charge in [0.25, 0.3) is 5.91 Å². The highest BCUT2D eigenvalue weighted by Crippen LogP contribution is 2.30. The molecule has 3 aromatic carbocycles. The number of nitrogens with zero attached hydrogens (tertiary/aromatic N) is 3. The first-order valence-electron chi connectivity index (χ1n) is 9.25. The molecule has 0 fully saturated rings. The van der Waals surface area contributed by atoms with Gasteiger partial charge in [-0.05, 0) is 60.2 Å². The van der Waals surface area contributed by atoms with E-state index in [-0.39, 0.29) is 24.9 Å². The van der Waals surface area contributed by atoms with E-state index in [2.05, 4.69) is 15.5 Å². The summed E-state index contributed by atoms with van der Waals surface area (Å²) in [6.45, 7) is 2.53. The average Bonchev–Trinajstić information content (AvgIpc) is 3.15. The minimum Gasteiger partial charge on any atom is -0.506 e. The van der Waals surface area contributed by atoms with Gasteiger partial charge in [0, 0.05) is 12.1 Å². The number of benzene rings is 3. The predicted octanol–water partition coefficient (Wildman–Crippen LogP) is 2.40. The Labute approximate surface area is 166 Å². The maximum Gasteiger partial charge on any atom is 0.251 e. The Morgan fingerprint density at radius 1 is 1.07 bits per heavy atom. The Bertz CT molecular complexity index is 1200. The molecule has 8 heteroatoms. The van der Waals surface area contributed by atoms with Crippen LogP contribution in [0, 0.1) is 0 Å². The van der Waals surface area contributed by atoms with E-state index in [1.54, 1.807) is 36.4 Å². The van der Waals surface area contributed by atoms with Gasteiger partial charge in [0.2, 0.25) is 0 Å². The number of rotatable bonds is 6. The zero-order valence-electron chi connectivity index (χ0n) is 15.8. The van der Waals surface area contributed by atoms with E-state index in [1.165, 1.54) is 4.80 Å². The van der Waals surface area contributed by atoms with Crippen molar-refractivity contribution in [3.05, 3.63) is 54.1 Å². The van der Waals surface area contributed by atoms with E-state index in [9.17, 15) is 9.90 Å². The van der Waals surface area contributed by atoms with Crippen molar-refractivity contribution in [1.82, 2.24) is 20.3 Å². The molecule has 0 aliphatic rings. The van der Waals surface area contributed by atoms with Crippen molar-refractivity contribution in [2.24, 2.45) is 0 Å². The van der Waals surface area contributed by atoms with Gasteiger partial charge in [0.15, 0.2) is 0 Å². The van der Waals surface area contributed by atoms with Crippen LogP contribution in [-0.2, 0) is 0 Å². The van der Waals surface area contributed by atoms with E-state index in [0.29, 0.717) is 34.6 Å². The summed E-state index contributed by atoms with van der Waals surface area (Å²) in [5.74, 6) is 0.479. The zero-order valence-corrected chi connectivity index (χ0v) is 15.8. The first kappa shape index (κ1) is 18.7. The van der Waals surface area contributed by atoms with E-state index in [1.807, 2.05) is 19.1 Å². The quantitative estimate of drug-likeness (QED) is 0.465. The third kappa shape index (κ3) is 3.70. The molecule has 1 amide bonds. The molecule has 4 rings (SSSR count). The van der Waals surface area contributed by atoms with Crippen molar-refractivity contribution in [3.8, 4) is 17.2 Å². The van der Waals surface area contributed by atoms with Gasteiger partial charge in [-0.15, -0.1) is 15.0 Å². The fraction of sp³-hybridized carbons (Fsp3) is 0.190. The number of aliphatic hydroxyl groups is 1. The summed E-state index contributed by atoms with van der Waals surface area (Å²) in [5.41, 5.74) is 2.07. The number of fused-ring (bicyclic) bond motifs is 2. The van der Waals surface area contributed by atoms with Crippen LogP contribution in [0.1, 0.15) is 17.3 Å². The van der Waals surface area contributed by atoms with Gasteiger partial charge in [-0.1, -0.05) is 6.07 Å². The molecular weight excluding hydrogens is 372 g/mol. The molecule has 148 valence electrons. The SMILES string of the molecule is CCNC(=O)c1ccc2nn(-c3cc4cc(OCCO)ccc4cc3O)nc2c1. The normalized spacial score (nSPS) is 11.1. The van der Waals surface area contributed by atoms with Gasteiger partial charge in [0.1, 0.15) is 34.8 Å². The smallest absolute Gasteiger partial charge is 0.251 e. The van der Waals surface area contributed by atoms with E-state index in [4.69, 9.17) is 9.84 Å². The van der Waals surface area contributed by atoms with Gasteiger partial charge in [-0.25, -0.2) is 0 Å². The van der Waals surface area contributed by atoms with Crippen molar-refractivity contribution in [1.29, 1.82) is 0 Å². The number of aromatic hydroxyl groups is 1. The van der Waals surface area contributed by atoms with Crippen molar-refractivity contribution >= 4 is 27.7 Å². The number of aliphatic hydroxyl groups excluding tert-OH is 1. The summed E-state index contributed by atoms with van der Waals surface area (Å²) in [7, 11) is 0. The number of carbonyl (C=O) groups excluding carboxylic acids is 1. The van der Waals surface area contributed by atoms with Gasteiger partial charge < -0.3 is 20.3 Å². The fourth-order valence-corrected chi connectivity index (χ4v) is 3.09. The summed E-state index contributed by atoms with van der Waals surface area (Å²) in [4.78, 5) is 13.4. The average molecular weight is 392 g/mol. The van der Waals surface area contributed by atoms with E-state index >= 15 is 0 Å². The lowest BCUT2D eigenvalue weighted by atomic mass is 10.1. The maximum atomic E-state index is 12.0. The monoisotopic (exact) mass is 392 g/mol. The molecule has 29 heavy (non-hydrogen) atoms. The van der Waals surface area contributed by atoms with Crippen LogP contribution in [0.15, 0.2) is 48.5 Å². The lowest BCUT2D eigenvalue weighted by Crippen LogP contribution is -2.22. The van der Waals surface area contributed by atoms with Crippen LogP contribution in [0.25, 0.3) is 27.5 Å². The molecule has 4 aromatic rings. The summed E-state index contributed by atoms with van der Waals surface area (Å²) >= 11 is 0. The molecule has 3 N–H and O–H groups in total. The Hall–Kier alpha value is -3.65. The molecule has 0 unspecified atom stereocenters. The minimum atomic E-state index is -0.173. The summed E-state index contributed by atoms with van der Waals surface area (Å²) in [6.07, 6.45) is 0. The number of ether oxygens (including phenoxy) is 1. The molecule has 0 aliphatic heterocycles. The second-order valence-corrected chi connectivity index (χ2v) is 6.47. The molecule has 0 spiro atoms. The summed E-state index contributed by atoms with van der Waals surface area (Å²) in [6, 6.07) is 13.9. The number of nitrogens with one attached hydrogen (secondary N) is 1. The minimum absolute atomic E-state index is 0.0331. The topological polar surface area (TPSA) is 110 Å². The van der Waals surface area contributed by atoms with Gasteiger partial charge in [-0.3, -0.25) is 4.79 Å². The van der Waals surface area contributed by atoms with Gasteiger partial charge >= 0.3 is 0 Å². The van der Waals surface area contributed by atoms with E-state index < -0.39 is 0 Å². The highest BCUT2D eigenvalue weighted by Gasteiger charge is 2.13. The van der Waals surface area contributed by atoms with Crippen LogP contribution in [-0.4, -0.2) is 50.9 Å². The fourth-order valence-electron chi connectivity index (χ4n) is 3.09. The van der Waals surface area contributed by atoms with Crippen molar-refractivity contribution in [2.45, 2.75) is 6.92 Å². The largest absolute Gasteiger partial charge is 0.506 e. The Morgan fingerprint density at radius 3 is 2.69 bits per heavy atom. The third-order valence-electron chi connectivity index (χ3n) is 4.46. The van der Waals surface area contributed by atoms with Crippen LogP contribution in [0.5, 0.6) is 11.5 Å². The first-order valence-corrected chi connectivity index (χ1v) is 9.25. The van der Waals surface area contributed by atoms with Crippen LogP contribution < -0.4 is 10.1 Å². The predicted molar refractivity (Wildman–Crippen MR) is 109 cm³/mol. The van der Waals surface area contributed by atoms with E-state index in [0.717, 1.165) is 10.8 Å². The van der Waals surface area contributed by atoms with Crippen LogP contribution in [0.2, 0.25) is 0 Å². The third-order valence-corrected chi connectivity index (χ3v) is 4.46. The van der Waals surface area contributed by atoms with Crippen molar-refractivity contribution in [2.75, 3.05) is 19.8 Å². The molecule has 8 nitrogen and oxygen atoms in total. The molecule has 0 saturated heterocycles. The summed E-state index contributed by atoms with van der Waals surface area (Å²) in [5, 5.41) is 32.7. The van der Waals surface area contributed by atoms with Crippen LogP contribution >= 0.6 is 0 Å². The first-order chi connectivity index (χ1) is 14.1. The standard InChI is InChI=1S/C21H20N4O4/c1-2-22-21(28)14-4-6-17-18(10-14)24-25(23-17)19-11-15-9-16(29-8-7-26)5-3-13(15)12-20(19)27/h3-6,9-12,26-27H,2,7-8H2,1H3,(H,22,28). The van der Waals surface area contributed by atoms with Crippen molar-refractivity contribution < 1.29 is 19.7 Å². The van der Waals surface area contributed by atoms with Crippen LogP contribution in [0.4, 0.5) is 0 Å². The lowest BCUT2D eigenvalue weighted by Gasteiger charge is -2.08. The second-order valence-electron chi connectivity index (χ2n) is 6.47. The molecule has 0 radical (unpaired) electrons. The maximum absolute atomic E-state index is 12.0. The molecule has 0 saturated carbocycles. The molecule has 0 bridgehead atoms. The van der Waals surface area contributed by atoms with Crippen LogP contribution in [0.3, 0.4) is 0 Å². The van der Waals surface area contributed by atoms with Gasteiger partial charge in [-0.2, -0.15) is 0 Å². The summed E-state index contributed by atoms with van der Waals surface area (Å²) < 4.78 is 5.45. The number of carbonyl (C=O) groups is 1.